The van der Waals surface area contributed by atoms with Crippen molar-refractivity contribution in [1.29, 1.82) is 0 Å². The molecule has 0 radical (unpaired) electrons. The Hall–Kier alpha value is -1.55. The summed E-state index contributed by atoms with van der Waals surface area (Å²) in [6, 6.07) is 6.51. The normalized spacial score (nSPS) is 13.1. The smallest absolute Gasteiger partial charge is 0.306 e. The van der Waals surface area contributed by atoms with E-state index in [4.69, 9.17) is 4.74 Å². The number of aliphatic hydroxyl groups excluding tert-OH is 1. The van der Waals surface area contributed by atoms with Gasteiger partial charge in [0.05, 0.1) is 6.10 Å². The number of carbonyl (C=O) groups excluding carboxylic acids is 1. The molecule has 0 saturated carbocycles. The van der Waals surface area contributed by atoms with Crippen molar-refractivity contribution in [3.8, 4) is 5.75 Å². The van der Waals surface area contributed by atoms with E-state index in [0.717, 1.165) is 0 Å². The molecule has 0 fully saturated rings. The molecule has 106 valence electrons. The van der Waals surface area contributed by atoms with Crippen molar-refractivity contribution in [2.45, 2.75) is 51.7 Å². The van der Waals surface area contributed by atoms with Crippen molar-refractivity contribution in [2.75, 3.05) is 0 Å². The first kappa shape index (κ1) is 15.5. The molecule has 0 aliphatic rings. The van der Waals surface area contributed by atoms with Crippen LogP contribution in [0.25, 0.3) is 0 Å². The molecule has 19 heavy (non-hydrogen) atoms. The first-order valence-electron chi connectivity index (χ1n) is 6.47. The maximum absolute atomic E-state index is 11.5. The Bertz CT molecular complexity index is 420. The number of phenolic OH excluding ortho intramolecular Hbond substituents is 1. The minimum atomic E-state index is -0.672. The molecule has 4 nitrogen and oxygen atoms in total. The zero-order valence-corrected chi connectivity index (χ0v) is 11.7. The lowest BCUT2D eigenvalue weighted by atomic mass is 10.0. The summed E-state index contributed by atoms with van der Waals surface area (Å²) in [5.41, 5.74) is 0.185. The summed E-state index contributed by atoms with van der Waals surface area (Å²) in [4.78, 5) is 11.5. The van der Waals surface area contributed by atoms with Crippen LogP contribution >= 0.6 is 0 Å². The largest absolute Gasteiger partial charge is 0.508 e. The molecule has 1 aromatic carbocycles. The molecular formula is C15H22O4. The maximum atomic E-state index is 11.5. The second-order valence-corrected chi connectivity index (χ2v) is 5.59. The minimum absolute atomic E-state index is 0.128. The Morgan fingerprint density at radius 2 is 2.05 bits per heavy atom. The van der Waals surface area contributed by atoms with Crippen molar-refractivity contribution >= 4 is 5.97 Å². The van der Waals surface area contributed by atoms with Crippen molar-refractivity contribution in [2.24, 2.45) is 0 Å². The number of rotatable bonds is 5. The molecule has 1 aromatic rings. The van der Waals surface area contributed by atoms with Crippen molar-refractivity contribution in [3.05, 3.63) is 29.8 Å². The fraction of sp³-hybridized carbons (Fsp3) is 0.533. The van der Waals surface area contributed by atoms with Crippen LogP contribution < -0.4 is 0 Å². The van der Waals surface area contributed by atoms with Crippen LogP contribution in [0, 0.1) is 0 Å². The molecule has 2 N–H and O–H groups in total. The van der Waals surface area contributed by atoms with Crippen LogP contribution in [0.15, 0.2) is 24.3 Å². The van der Waals surface area contributed by atoms with E-state index in [-0.39, 0.29) is 18.1 Å². The first-order chi connectivity index (χ1) is 8.78. The fourth-order valence-electron chi connectivity index (χ4n) is 1.73. The Kier molecular flexibility index (Phi) is 5.36. The number of aromatic hydroxyl groups is 1. The standard InChI is InChI=1S/C15H22O4/c1-15(2,3)19-14(18)9-5-8-13(17)11-6-4-7-12(16)10-11/h4,6-7,10,13,16-17H,5,8-9H2,1-3H3. The molecule has 0 spiro atoms. The van der Waals surface area contributed by atoms with Gasteiger partial charge in [0.25, 0.3) is 0 Å². The van der Waals surface area contributed by atoms with Gasteiger partial charge in [-0.3, -0.25) is 4.79 Å². The van der Waals surface area contributed by atoms with E-state index < -0.39 is 11.7 Å². The average molecular weight is 266 g/mol. The number of hydrogen-bond donors (Lipinski definition) is 2. The highest BCUT2D eigenvalue weighted by atomic mass is 16.6. The molecule has 0 saturated heterocycles. The molecule has 1 unspecified atom stereocenters. The number of benzene rings is 1. The van der Waals surface area contributed by atoms with Crippen LogP contribution in [-0.2, 0) is 9.53 Å². The van der Waals surface area contributed by atoms with Gasteiger partial charge in [-0.2, -0.15) is 0 Å². The second kappa shape index (κ2) is 6.57. The maximum Gasteiger partial charge on any atom is 0.306 e. The van der Waals surface area contributed by atoms with Gasteiger partial charge in [0, 0.05) is 6.42 Å². The van der Waals surface area contributed by atoms with Gasteiger partial charge in [0.2, 0.25) is 0 Å². The van der Waals surface area contributed by atoms with Crippen molar-refractivity contribution in [1.82, 2.24) is 0 Å². The predicted octanol–water partition coefficient (Wildman–Crippen LogP) is 2.94. The first-order valence-corrected chi connectivity index (χ1v) is 6.47. The summed E-state index contributed by atoms with van der Waals surface area (Å²) >= 11 is 0. The molecule has 0 aromatic heterocycles. The molecule has 1 rings (SSSR count). The summed E-state index contributed by atoms with van der Waals surface area (Å²) in [7, 11) is 0. The van der Waals surface area contributed by atoms with Gasteiger partial charge < -0.3 is 14.9 Å². The number of phenols is 1. The third-order valence-electron chi connectivity index (χ3n) is 2.53. The Labute approximate surface area is 114 Å². The van der Waals surface area contributed by atoms with Crippen LogP contribution in [0.2, 0.25) is 0 Å². The number of hydrogen-bond acceptors (Lipinski definition) is 4. The predicted molar refractivity (Wildman–Crippen MR) is 72.8 cm³/mol. The van der Waals surface area contributed by atoms with Gasteiger partial charge in [-0.05, 0) is 51.3 Å². The van der Waals surface area contributed by atoms with Crippen molar-refractivity contribution in [3.63, 3.8) is 0 Å². The van der Waals surface area contributed by atoms with E-state index in [0.29, 0.717) is 18.4 Å². The molecule has 0 aliphatic carbocycles. The molecule has 0 heterocycles. The lowest BCUT2D eigenvalue weighted by Crippen LogP contribution is -2.23. The average Bonchev–Trinajstić information content (AvgIpc) is 2.26. The lowest BCUT2D eigenvalue weighted by Gasteiger charge is -2.19. The quantitative estimate of drug-likeness (QED) is 0.804. The second-order valence-electron chi connectivity index (χ2n) is 5.59. The van der Waals surface area contributed by atoms with E-state index in [1.807, 2.05) is 20.8 Å². The van der Waals surface area contributed by atoms with Gasteiger partial charge in [-0.25, -0.2) is 0 Å². The molecule has 0 amide bonds. The Morgan fingerprint density at radius 3 is 2.63 bits per heavy atom. The highest BCUT2D eigenvalue weighted by molar-refractivity contribution is 5.69. The van der Waals surface area contributed by atoms with Gasteiger partial charge >= 0.3 is 5.97 Å². The van der Waals surface area contributed by atoms with Crippen LogP contribution in [-0.4, -0.2) is 21.8 Å². The topological polar surface area (TPSA) is 66.8 Å². The number of carbonyl (C=O) groups is 1. The van der Waals surface area contributed by atoms with E-state index in [1.54, 1.807) is 18.2 Å². The third-order valence-corrected chi connectivity index (χ3v) is 2.53. The van der Waals surface area contributed by atoms with Gasteiger partial charge in [0.15, 0.2) is 0 Å². The zero-order valence-electron chi connectivity index (χ0n) is 11.7. The molecule has 0 bridgehead atoms. The molecule has 0 aliphatic heterocycles. The zero-order chi connectivity index (χ0) is 14.5. The third kappa shape index (κ3) is 6.25. The highest BCUT2D eigenvalue weighted by Crippen LogP contribution is 2.22. The Morgan fingerprint density at radius 1 is 1.37 bits per heavy atom. The fourth-order valence-corrected chi connectivity index (χ4v) is 1.73. The lowest BCUT2D eigenvalue weighted by molar-refractivity contribution is -0.155. The van der Waals surface area contributed by atoms with Crippen LogP contribution in [0.1, 0.15) is 51.7 Å². The van der Waals surface area contributed by atoms with E-state index in [9.17, 15) is 15.0 Å². The summed E-state index contributed by atoms with van der Waals surface area (Å²) in [5.74, 6) is -0.126. The molecular weight excluding hydrogens is 244 g/mol. The van der Waals surface area contributed by atoms with Crippen LogP contribution in [0.5, 0.6) is 5.75 Å². The Balaban J connectivity index is 2.35. The van der Waals surface area contributed by atoms with Crippen LogP contribution in [0.4, 0.5) is 0 Å². The number of ether oxygens (including phenoxy) is 1. The molecule has 1 atom stereocenters. The summed E-state index contributed by atoms with van der Waals surface area (Å²) < 4.78 is 5.18. The van der Waals surface area contributed by atoms with Crippen LogP contribution in [0.3, 0.4) is 0 Å². The minimum Gasteiger partial charge on any atom is -0.508 e. The van der Waals surface area contributed by atoms with E-state index in [2.05, 4.69) is 0 Å². The van der Waals surface area contributed by atoms with Gasteiger partial charge in [-0.15, -0.1) is 0 Å². The van der Waals surface area contributed by atoms with E-state index in [1.165, 1.54) is 6.07 Å². The monoisotopic (exact) mass is 266 g/mol. The number of esters is 1. The highest BCUT2D eigenvalue weighted by Gasteiger charge is 2.16. The van der Waals surface area contributed by atoms with Crippen molar-refractivity contribution < 1.29 is 19.7 Å². The summed E-state index contributed by atoms with van der Waals surface area (Å²) in [5, 5.41) is 19.2. The number of aliphatic hydroxyl groups is 1. The summed E-state index contributed by atoms with van der Waals surface area (Å²) in [6.45, 7) is 5.48. The SMILES string of the molecule is CC(C)(C)OC(=O)CCCC(O)c1cccc(O)c1. The summed E-state index contributed by atoms with van der Waals surface area (Å²) in [6.07, 6.45) is 0.622. The van der Waals surface area contributed by atoms with E-state index >= 15 is 0 Å². The molecule has 4 heteroatoms. The van der Waals surface area contributed by atoms with Gasteiger partial charge in [0.1, 0.15) is 11.4 Å². The van der Waals surface area contributed by atoms with Gasteiger partial charge in [-0.1, -0.05) is 12.1 Å².